The molecule has 0 saturated heterocycles. The third-order valence-electron chi connectivity index (χ3n) is 2.44. The van der Waals surface area contributed by atoms with Crippen molar-refractivity contribution < 1.29 is 18.4 Å². The normalized spacial score (nSPS) is 13.7. The van der Waals surface area contributed by atoms with Gasteiger partial charge in [-0.05, 0) is 12.1 Å². The minimum absolute atomic E-state index is 0.119. The van der Waals surface area contributed by atoms with E-state index < -0.39 is 5.82 Å². The standard InChI is InChI=1S/C11H9FN2O3/c12-6-1-2-8-11(16-4-3-15-8)10(6)7-5-9(13)17-14-7/h1-2,5H,3-4,13H2. The zero-order valence-corrected chi connectivity index (χ0v) is 8.77. The second kappa shape index (κ2) is 3.65. The molecular weight excluding hydrogens is 227 g/mol. The van der Waals surface area contributed by atoms with Gasteiger partial charge in [0.05, 0.1) is 5.56 Å². The van der Waals surface area contributed by atoms with Crippen molar-refractivity contribution >= 4 is 5.88 Å². The van der Waals surface area contributed by atoms with Crippen molar-refractivity contribution in [1.82, 2.24) is 5.16 Å². The Morgan fingerprint density at radius 1 is 1.24 bits per heavy atom. The van der Waals surface area contributed by atoms with Crippen molar-refractivity contribution in [2.24, 2.45) is 0 Å². The van der Waals surface area contributed by atoms with Crippen LogP contribution in [0.2, 0.25) is 0 Å². The third kappa shape index (κ3) is 1.57. The summed E-state index contributed by atoms with van der Waals surface area (Å²) in [5.41, 5.74) is 5.92. The number of halogens is 1. The maximum Gasteiger partial charge on any atom is 0.222 e. The molecular formula is C11H9FN2O3. The van der Waals surface area contributed by atoms with E-state index in [-0.39, 0.29) is 11.4 Å². The fraction of sp³-hybridized carbons (Fsp3) is 0.182. The molecule has 88 valence electrons. The lowest BCUT2D eigenvalue weighted by Gasteiger charge is -2.20. The van der Waals surface area contributed by atoms with Crippen LogP contribution in [0.1, 0.15) is 0 Å². The predicted molar refractivity (Wildman–Crippen MR) is 57.3 cm³/mol. The molecule has 1 aliphatic heterocycles. The Hall–Kier alpha value is -2.24. The van der Waals surface area contributed by atoms with Gasteiger partial charge in [0.1, 0.15) is 24.7 Å². The zero-order valence-electron chi connectivity index (χ0n) is 8.77. The largest absolute Gasteiger partial charge is 0.486 e. The van der Waals surface area contributed by atoms with E-state index >= 15 is 0 Å². The molecule has 1 aliphatic rings. The van der Waals surface area contributed by atoms with Gasteiger partial charge in [0, 0.05) is 6.07 Å². The fourth-order valence-corrected chi connectivity index (χ4v) is 1.74. The van der Waals surface area contributed by atoms with Crippen molar-refractivity contribution in [2.45, 2.75) is 0 Å². The average Bonchev–Trinajstić information content (AvgIpc) is 2.75. The lowest BCUT2D eigenvalue weighted by atomic mass is 10.1. The first-order chi connectivity index (χ1) is 8.25. The molecule has 0 fully saturated rings. The first-order valence-electron chi connectivity index (χ1n) is 5.06. The maximum atomic E-state index is 13.8. The van der Waals surface area contributed by atoms with Crippen LogP contribution in [0, 0.1) is 5.82 Å². The minimum Gasteiger partial charge on any atom is -0.486 e. The number of aromatic nitrogens is 1. The summed E-state index contributed by atoms with van der Waals surface area (Å²) in [5.74, 6) is 0.495. The van der Waals surface area contributed by atoms with E-state index in [4.69, 9.17) is 19.7 Å². The van der Waals surface area contributed by atoms with Gasteiger partial charge in [-0.1, -0.05) is 5.16 Å². The summed E-state index contributed by atoms with van der Waals surface area (Å²) in [4.78, 5) is 0. The van der Waals surface area contributed by atoms with Crippen molar-refractivity contribution in [3.63, 3.8) is 0 Å². The number of hydrogen-bond donors (Lipinski definition) is 1. The highest BCUT2D eigenvalue weighted by Gasteiger charge is 2.23. The topological polar surface area (TPSA) is 70.5 Å². The van der Waals surface area contributed by atoms with Crippen LogP contribution in [-0.2, 0) is 0 Å². The van der Waals surface area contributed by atoms with Crippen LogP contribution in [0.3, 0.4) is 0 Å². The molecule has 0 unspecified atom stereocenters. The summed E-state index contributed by atoms with van der Waals surface area (Å²) < 4.78 is 29.3. The van der Waals surface area contributed by atoms with Gasteiger partial charge < -0.3 is 19.7 Å². The Kier molecular flexibility index (Phi) is 2.14. The molecule has 2 N–H and O–H groups in total. The van der Waals surface area contributed by atoms with E-state index in [9.17, 15) is 4.39 Å². The van der Waals surface area contributed by atoms with Crippen molar-refractivity contribution in [3.8, 4) is 22.8 Å². The number of anilines is 1. The Labute approximate surface area is 95.9 Å². The average molecular weight is 236 g/mol. The quantitative estimate of drug-likeness (QED) is 0.817. The minimum atomic E-state index is -0.456. The summed E-state index contributed by atoms with van der Waals surface area (Å²) in [5, 5.41) is 3.68. The number of nitrogens with zero attached hydrogens (tertiary/aromatic N) is 1. The van der Waals surface area contributed by atoms with Crippen LogP contribution >= 0.6 is 0 Å². The molecule has 3 rings (SSSR count). The van der Waals surface area contributed by atoms with E-state index in [0.717, 1.165) is 0 Å². The molecule has 5 nitrogen and oxygen atoms in total. The van der Waals surface area contributed by atoms with Crippen LogP contribution in [0.4, 0.5) is 10.3 Å². The summed E-state index contributed by atoms with van der Waals surface area (Å²) in [7, 11) is 0. The molecule has 0 amide bonds. The Bertz CT molecular complexity index is 568. The number of rotatable bonds is 1. The SMILES string of the molecule is Nc1cc(-c2c(F)ccc3c2OCCO3)no1. The van der Waals surface area contributed by atoms with Crippen LogP contribution in [-0.4, -0.2) is 18.4 Å². The lowest BCUT2D eigenvalue weighted by molar-refractivity contribution is 0.171. The zero-order chi connectivity index (χ0) is 11.8. The summed E-state index contributed by atoms with van der Waals surface area (Å²) >= 11 is 0. The smallest absolute Gasteiger partial charge is 0.222 e. The first kappa shape index (κ1) is 9.95. The molecule has 0 aliphatic carbocycles. The summed E-state index contributed by atoms with van der Waals surface area (Å²) in [6, 6.07) is 4.27. The second-order valence-corrected chi connectivity index (χ2v) is 3.56. The van der Waals surface area contributed by atoms with E-state index in [1.807, 2.05) is 0 Å². The van der Waals surface area contributed by atoms with Crippen LogP contribution < -0.4 is 15.2 Å². The Balaban J connectivity index is 2.20. The Morgan fingerprint density at radius 3 is 2.82 bits per heavy atom. The van der Waals surface area contributed by atoms with Gasteiger partial charge in [-0.2, -0.15) is 0 Å². The number of nitrogen functional groups attached to an aromatic ring is 1. The molecule has 6 heteroatoms. The van der Waals surface area contributed by atoms with Gasteiger partial charge in [0.25, 0.3) is 0 Å². The number of hydrogen-bond acceptors (Lipinski definition) is 5. The molecule has 0 radical (unpaired) electrons. The van der Waals surface area contributed by atoms with Crippen molar-refractivity contribution in [3.05, 3.63) is 24.0 Å². The molecule has 1 aromatic carbocycles. The van der Waals surface area contributed by atoms with E-state index in [1.54, 1.807) is 0 Å². The fourth-order valence-electron chi connectivity index (χ4n) is 1.74. The molecule has 0 atom stereocenters. The van der Waals surface area contributed by atoms with E-state index in [1.165, 1.54) is 18.2 Å². The summed E-state index contributed by atoms with van der Waals surface area (Å²) in [6.07, 6.45) is 0. The van der Waals surface area contributed by atoms with Crippen LogP contribution in [0.25, 0.3) is 11.3 Å². The number of nitrogens with two attached hydrogens (primary N) is 1. The van der Waals surface area contributed by atoms with Gasteiger partial charge in [-0.15, -0.1) is 0 Å². The molecule has 0 bridgehead atoms. The molecule has 2 heterocycles. The van der Waals surface area contributed by atoms with Crippen LogP contribution in [0.5, 0.6) is 11.5 Å². The van der Waals surface area contributed by atoms with Crippen molar-refractivity contribution in [1.29, 1.82) is 0 Å². The Morgan fingerprint density at radius 2 is 2.06 bits per heavy atom. The molecule has 2 aromatic rings. The highest BCUT2D eigenvalue weighted by Crippen LogP contribution is 2.41. The van der Waals surface area contributed by atoms with Gasteiger partial charge in [0.2, 0.25) is 5.88 Å². The third-order valence-corrected chi connectivity index (χ3v) is 2.44. The number of benzene rings is 1. The predicted octanol–water partition coefficient (Wildman–Crippen LogP) is 1.83. The maximum absolute atomic E-state index is 13.8. The molecule has 1 aromatic heterocycles. The van der Waals surface area contributed by atoms with Crippen LogP contribution in [0.15, 0.2) is 22.7 Å². The molecule has 0 spiro atoms. The van der Waals surface area contributed by atoms with E-state index in [2.05, 4.69) is 5.16 Å². The van der Waals surface area contributed by atoms with Gasteiger partial charge >= 0.3 is 0 Å². The highest BCUT2D eigenvalue weighted by molar-refractivity contribution is 5.73. The first-order valence-corrected chi connectivity index (χ1v) is 5.06. The van der Waals surface area contributed by atoms with Gasteiger partial charge in [-0.3, -0.25) is 0 Å². The van der Waals surface area contributed by atoms with E-state index in [0.29, 0.717) is 30.4 Å². The number of fused-ring (bicyclic) bond motifs is 1. The van der Waals surface area contributed by atoms with Gasteiger partial charge in [0.15, 0.2) is 11.5 Å². The highest BCUT2D eigenvalue weighted by atomic mass is 19.1. The lowest BCUT2D eigenvalue weighted by Crippen LogP contribution is -2.16. The molecule has 17 heavy (non-hydrogen) atoms. The molecule has 0 saturated carbocycles. The van der Waals surface area contributed by atoms with Crippen molar-refractivity contribution in [2.75, 3.05) is 18.9 Å². The van der Waals surface area contributed by atoms with Gasteiger partial charge in [-0.25, -0.2) is 4.39 Å². The second-order valence-electron chi connectivity index (χ2n) is 3.56. The summed E-state index contributed by atoms with van der Waals surface area (Å²) in [6.45, 7) is 0.815. The number of ether oxygens (including phenoxy) is 2. The monoisotopic (exact) mass is 236 g/mol.